The van der Waals surface area contributed by atoms with Gasteiger partial charge in [-0.2, -0.15) is 4.98 Å². The van der Waals surface area contributed by atoms with Gasteiger partial charge < -0.3 is 10.1 Å². The Morgan fingerprint density at radius 1 is 1.28 bits per heavy atom. The zero-order chi connectivity index (χ0) is 13.6. The zero-order valence-corrected chi connectivity index (χ0v) is 12.2. The van der Waals surface area contributed by atoms with Crippen LogP contribution >= 0.6 is 0 Å². The van der Waals surface area contributed by atoms with Crippen LogP contribution in [0.1, 0.15) is 46.4 Å². The molecule has 0 aromatic carbocycles. The summed E-state index contributed by atoms with van der Waals surface area (Å²) in [7, 11) is 1.86. The summed E-state index contributed by atoms with van der Waals surface area (Å²) in [4.78, 5) is 8.81. The van der Waals surface area contributed by atoms with Crippen LogP contribution in [0.3, 0.4) is 0 Å². The summed E-state index contributed by atoms with van der Waals surface area (Å²) in [6.45, 7) is 9.43. The maximum absolute atomic E-state index is 5.72. The van der Waals surface area contributed by atoms with Crippen molar-refractivity contribution in [2.24, 2.45) is 5.41 Å². The van der Waals surface area contributed by atoms with E-state index in [9.17, 15) is 0 Å². The molecular weight excluding hydrogens is 226 g/mol. The van der Waals surface area contributed by atoms with Gasteiger partial charge in [-0.15, -0.1) is 0 Å². The second-order valence-electron chi connectivity index (χ2n) is 5.67. The van der Waals surface area contributed by atoms with Gasteiger partial charge in [0.1, 0.15) is 11.6 Å². The highest BCUT2D eigenvalue weighted by molar-refractivity contribution is 5.37. The molecule has 0 aliphatic heterocycles. The highest BCUT2D eigenvalue weighted by Crippen LogP contribution is 2.20. The smallest absolute Gasteiger partial charge is 0.218 e. The Morgan fingerprint density at radius 3 is 2.56 bits per heavy atom. The van der Waals surface area contributed by atoms with Crippen molar-refractivity contribution in [3.63, 3.8) is 0 Å². The molecule has 1 heterocycles. The number of aryl methyl sites for hydroxylation is 1. The average Bonchev–Trinajstić information content (AvgIpc) is 2.27. The first-order valence-corrected chi connectivity index (χ1v) is 6.63. The first-order valence-electron chi connectivity index (χ1n) is 6.63. The molecule has 0 atom stereocenters. The summed E-state index contributed by atoms with van der Waals surface area (Å²) in [6, 6.07) is 1.85. The maximum atomic E-state index is 5.72. The number of hydrogen-bond donors (Lipinski definition) is 1. The first-order chi connectivity index (χ1) is 8.44. The van der Waals surface area contributed by atoms with Gasteiger partial charge in [-0.25, -0.2) is 4.98 Å². The van der Waals surface area contributed by atoms with E-state index < -0.39 is 0 Å². The van der Waals surface area contributed by atoms with E-state index in [0.29, 0.717) is 12.5 Å². The van der Waals surface area contributed by atoms with Crippen molar-refractivity contribution in [2.75, 3.05) is 19.0 Å². The van der Waals surface area contributed by atoms with Crippen LogP contribution in [0, 0.1) is 5.41 Å². The van der Waals surface area contributed by atoms with Crippen LogP contribution in [0.4, 0.5) is 5.82 Å². The van der Waals surface area contributed by atoms with Crippen LogP contribution in [0.2, 0.25) is 0 Å². The lowest BCUT2D eigenvalue weighted by atomic mass is 9.93. The predicted molar refractivity (Wildman–Crippen MR) is 75.1 cm³/mol. The molecule has 1 rings (SSSR count). The summed E-state index contributed by atoms with van der Waals surface area (Å²) < 4.78 is 5.72. The lowest BCUT2D eigenvalue weighted by Crippen LogP contribution is -2.12. The number of nitrogens with zero attached hydrogens (tertiary/aromatic N) is 2. The summed E-state index contributed by atoms with van der Waals surface area (Å²) in [5.41, 5.74) is 0.283. The van der Waals surface area contributed by atoms with E-state index in [1.165, 1.54) is 0 Å². The third-order valence-electron chi connectivity index (χ3n) is 2.58. The molecule has 0 spiro atoms. The van der Waals surface area contributed by atoms with Crippen LogP contribution in [0.25, 0.3) is 0 Å². The highest BCUT2D eigenvalue weighted by atomic mass is 16.5. The Labute approximate surface area is 110 Å². The second-order valence-corrected chi connectivity index (χ2v) is 5.67. The lowest BCUT2D eigenvalue weighted by Gasteiger charge is -2.18. The largest absolute Gasteiger partial charge is 0.478 e. The van der Waals surface area contributed by atoms with Crippen molar-refractivity contribution in [3.05, 3.63) is 11.9 Å². The molecule has 1 aromatic heterocycles. The SMILES string of the molecule is CCCc1nc(NC)cc(OCCC(C)(C)C)n1. The fraction of sp³-hybridized carbons (Fsp3) is 0.714. The molecule has 1 aromatic rings. The van der Waals surface area contributed by atoms with Crippen molar-refractivity contribution in [1.82, 2.24) is 9.97 Å². The number of anilines is 1. The molecule has 4 heteroatoms. The minimum absolute atomic E-state index is 0.283. The molecule has 0 aliphatic rings. The van der Waals surface area contributed by atoms with Crippen LogP contribution < -0.4 is 10.1 Å². The van der Waals surface area contributed by atoms with Gasteiger partial charge in [0.2, 0.25) is 5.88 Å². The van der Waals surface area contributed by atoms with Gasteiger partial charge in [-0.1, -0.05) is 27.7 Å². The normalized spacial score (nSPS) is 11.4. The molecule has 0 saturated carbocycles. The minimum atomic E-state index is 0.283. The molecule has 102 valence electrons. The van der Waals surface area contributed by atoms with Crippen LogP contribution in [0.5, 0.6) is 5.88 Å². The molecule has 18 heavy (non-hydrogen) atoms. The van der Waals surface area contributed by atoms with Gasteiger partial charge in [-0.3, -0.25) is 0 Å². The number of nitrogens with one attached hydrogen (secondary N) is 1. The Balaban J connectivity index is 2.66. The van der Waals surface area contributed by atoms with Crippen molar-refractivity contribution in [3.8, 4) is 5.88 Å². The van der Waals surface area contributed by atoms with E-state index >= 15 is 0 Å². The van der Waals surface area contributed by atoms with E-state index in [1.54, 1.807) is 0 Å². The summed E-state index contributed by atoms with van der Waals surface area (Å²) >= 11 is 0. The summed E-state index contributed by atoms with van der Waals surface area (Å²) in [6.07, 6.45) is 2.93. The number of ether oxygens (including phenoxy) is 1. The van der Waals surface area contributed by atoms with Crippen molar-refractivity contribution < 1.29 is 4.74 Å². The van der Waals surface area contributed by atoms with E-state index in [4.69, 9.17) is 4.74 Å². The lowest BCUT2D eigenvalue weighted by molar-refractivity contribution is 0.235. The van der Waals surface area contributed by atoms with Crippen LogP contribution in [-0.2, 0) is 6.42 Å². The Morgan fingerprint density at radius 2 is 2.00 bits per heavy atom. The molecule has 0 aliphatic carbocycles. The van der Waals surface area contributed by atoms with Crippen LogP contribution in [-0.4, -0.2) is 23.6 Å². The Bertz CT molecular complexity index is 372. The van der Waals surface area contributed by atoms with Crippen molar-refractivity contribution >= 4 is 5.82 Å². The number of aromatic nitrogens is 2. The van der Waals surface area contributed by atoms with E-state index in [2.05, 4.69) is 43.0 Å². The van der Waals surface area contributed by atoms with Crippen molar-refractivity contribution in [2.45, 2.75) is 47.0 Å². The number of rotatable bonds is 6. The molecular formula is C14H25N3O. The first kappa shape index (κ1) is 14.7. The molecule has 0 amide bonds. The summed E-state index contributed by atoms with van der Waals surface area (Å²) in [5.74, 6) is 2.33. The standard InChI is InChI=1S/C14H25N3O/c1-6-7-11-16-12(15-5)10-13(17-11)18-9-8-14(2,3)4/h10H,6-9H2,1-5H3,(H,15,16,17). The minimum Gasteiger partial charge on any atom is -0.478 e. The quantitative estimate of drug-likeness (QED) is 0.842. The third kappa shape index (κ3) is 5.34. The Hall–Kier alpha value is -1.32. The zero-order valence-electron chi connectivity index (χ0n) is 12.2. The predicted octanol–water partition coefficient (Wildman–Crippen LogP) is 3.29. The van der Waals surface area contributed by atoms with Gasteiger partial charge in [0.25, 0.3) is 0 Å². The molecule has 1 N–H and O–H groups in total. The van der Waals surface area contributed by atoms with Gasteiger partial charge in [0, 0.05) is 19.5 Å². The topological polar surface area (TPSA) is 47.0 Å². The molecule has 0 saturated heterocycles. The van der Waals surface area contributed by atoms with E-state index in [-0.39, 0.29) is 5.41 Å². The highest BCUT2D eigenvalue weighted by Gasteiger charge is 2.11. The fourth-order valence-corrected chi connectivity index (χ4v) is 1.47. The molecule has 0 radical (unpaired) electrons. The van der Waals surface area contributed by atoms with Gasteiger partial charge in [0.15, 0.2) is 0 Å². The molecule has 0 unspecified atom stereocenters. The van der Waals surface area contributed by atoms with Crippen LogP contribution in [0.15, 0.2) is 6.07 Å². The second kappa shape index (κ2) is 6.57. The maximum Gasteiger partial charge on any atom is 0.218 e. The van der Waals surface area contributed by atoms with Gasteiger partial charge in [-0.05, 0) is 18.3 Å². The fourth-order valence-electron chi connectivity index (χ4n) is 1.47. The van der Waals surface area contributed by atoms with Gasteiger partial charge in [0.05, 0.1) is 6.61 Å². The molecule has 0 bridgehead atoms. The van der Waals surface area contributed by atoms with E-state index in [0.717, 1.165) is 30.9 Å². The average molecular weight is 251 g/mol. The third-order valence-corrected chi connectivity index (χ3v) is 2.58. The monoisotopic (exact) mass is 251 g/mol. The van der Waals surface area contributed by atoms with Gasteiger partial charge >= 0.3 is 0 Å². The molecule has 0 fully saturated rings. The summed E-state index contributed by atoms with van der Waals surface area (Å²) in [5, 5.41) is 3.04. The van der Waals surface area contributed by atoms with Crippen molar-refractivity contribution in [1.29, 1.82) is 0 Å². The number of hydrogen-bond acceptors (Lipinski definition) is 4. The molecule has 4 nitrogen and oxygen atoms in total. The Kier molecular flexibility index (Phi) is 5.38. The van der Waals surface area contributed by atoms with E-state index in [1.807, 2.05) is 13.1 Å².